The maximum Gasteiger partial charge on any atom is 0.241 e. The van der Waals surface area contributed by atoms with E-state index in [0.717, 1.165) is 0 Å². The number of nitrogens with zero attached hydrogens (tertiary/aromatic N) is 2. The van der Waals surface area contributed by atoms with Gasteiger partial charge in [-0.1, -0.05) is 6.92 Å². The molecule has 84 valence electrons. The third-order valence-electron chi connectivity index (χ3n) is 2.39. The van der Waals surface area contributed by atoms with Gasteiger partial charge in [0.1, 0.15) is 6.54 Å². The van der Waals surface area contributed by atoms with Crippen molar-refractivity contribution in [1.29, 1.82) is 0 Å². The summed E-state index contributed by atoms with van der Waals surface area (Å²) in [6.07, 6.45) is 3.37. The van der Waals surface area contributed by atoms with Gasteiger partial charge in [0.05, 0.1) is 0 Å². The SMILES string of the molecule is CC(CO)C(C)NC(=O)Cn1cccn1. The third-order valence-corrected chi connectivity index (χ3v) is 2.39. The van der Waals surface area contributed by atoms with E-state index in [9.17, 15) is 4.79 Å². The fourth-order valence-electron chi connectivity index (χ4n) is 1.14. The molecule has 0 aliphatic heterocycles. The molecule has 0 saturated carbocycles. The predicted molar refractivity (Wildman–Crippen MR) is 56.1 cm³/mol. The Morgan fingerprint density at radius 1 is 1.60 bits per heavy atom. The number of nitrogens with one attached hydrogen (secondary N) is 1. The van der Waals surface area contributed by atoms with E-state index in [2.05, 4.69) is 10.4 Å². The first-order valence-electron chi connectivity index (χ1n) is 5.01. The summed E-state index contributed by atoms with van der Waals surface area (Å²) in [7, 11) is 0. The number of carbonyl (C=O) groups excluding carboxylic acids is 1. The molecule has 2 atom stereocenters. The molecule has 5 heteroatoms. The van der Waals surface area contributed by atoms with Crippen molar-refractivity contribution in [2.24, 2.45) is 5.92 Å². The van der Waals surface area contributed by atoms with Gasteiger partial charge in [0.15, 0.2) is 0 Å². The Bertz CT molecular complexity index is 298. The monoisotopic (exact) mass is 211 g/mol. The zero-order chi connectivity index (χ0) is 11.3. The second kappa shape index (κ2) is 5.50. The fraction of sp³-hybridized carbons (Fsp3) is 0.600. The summed E-state index contributed by atoms with van der Waals surface area (Å²) in [4.78, 5) is 11.5. The Labute approximate surface area is 89.1 Å². The maximum absolute atomic E-state index is 11.5. The maximum atomic E-state index is 11.5. The van der Waals surface area contributed by atoms with Crippen LogP contribution in [0.5, 0.6) is 0 Å². The topological polar surface area (TPSA) is 67.2 Å². The first kappa shape index (κ1) is 11.7. The van der Waals surface area contributed by atoms with E-state index in [4.69, 9.17) is 5.11 Å². The van der Waals surface area contributed by atoms with Crippen molar-refractivity contribution in [3.63, 3.8) is 0 Å². The van der Waals surface area contributed by atoms with Crippen LogP contribution in [0.2, 0.25) is 0 Å². The molecule has 5 nitrogen and oxygen atoms in total. The van der Waals surface area contributed by atoms with Crippen molar-refractivity contribution in [2.45, 2.75) is 26.4 Å². The second-order valence-corrected chi connectivity index (χ2v) is 3.72. The molecule has 0 saturated heterocycles. The van der Waals surface area contributed by atoms with Crippen molar-refractivity contribution in [1.82, 2.24) is 15.1 Å². The van der Waals surface area contributed by atoms with Crippen LogP contribution >= 0.6 is 0 Å². The molecule has 1 aromatic heterocycles. The fourth-order valence-corrected chi connectivity index (χ4v) is 1.14. The van der Waals surface area contributed by atoms with E-state index in [-0.39, 0.29) is 31.0 Å². The molecule has 1 rings (SSSR count). The first-order chi connectivity index (χ1) is 7.13. The quantitative estimate of drug-likeness (QED) is 0.721. The minimum Gasteiger partial charge on any atom is -0.396 e. The zero-order valence-corrected chi connectivity index (χ0v) is 9.05. The standard InChI is InChI=1S/C10H17N3O2/c1-8(7-14)9(2)12-10(15)6-13-5-3-4-11-13/h3-5,8-9,14H,6-7H2,1-2H3,(H,12,15). The Balaban J connectivity index is 2.36. The van der Waals surface area contributed by atoms with Crippen molar-refractivity contribution < 1.29 is 9.90 Å². The molecular weight excluding hydrogens is 194 g/mol. The lowest BCUT2D eigenvalue weighted by Crippen LogP contribution is -2.40. The minimum atomic E-state index is -0.0912. The van der Waals surface area contributed by atoms with Crippen LogP contribution in [0.25, 0.3) is 0 Å². The van der Waals surface area contributed by atoms with E-state index in [1.54, 1.807) is 23.1 Å². The Morgan fingerprint density at radius 3 is 2.87 bits per heavy atom. The number of amides is 1. The molecule has 1 aromatic rings. The van der Waals surface area contributed by atoms with Crippen LogP contribution < -0.4 is 5.32 Å². The van der Waals surface area contributed by atoms with Crippen LogP contribution in [0.4, 0.5) is 0 Å². The summed E-state index contributed by atoms with van der Waals surface area (Å²) in [5.41, 5.74) is 0. The van der Waals surface area contributed by atoms with Gasteiger partial charge in [-0.05, 0) is 18.9 Å². The number of carbonyl (C=O) groups is 1. The molecule has 0 fully saturated rings. The van der Waals surface area contributed by atoms with Gasteiger partial charge in [-0.25, -0.2) is 0 Å². The molecule has 2 N–H and O–H groups in total. The number of aliphatic hydroxyl groups is 1. The van der Waals surface area contributed by atoms with Gasteiger partial charge in [0.2, 0.25) is 5.91 Å². The summed E-state index contributed by atoms with van der Waals surface area (Å²) < 4.78 is 1.56. The van der Waals surface area contributed by atoms with E-state index < -0.39 is 0 Å². The van der Waals surface area contributed by atoms with E-state index in [1.807, 2.05) is 13.8 Å². The largest absolute Gasteiger partial charge is 0.396 e. The van der Waals surface area contributed by atoms with Crippen molar-refractivity contribution in [3.8, 4) is 0 Å². The number of hydrogen-bond acceptors (Lipinski definition) is 3. The summed E-state index contributed by atoms with van der Waals surface area (Å²) in [5, 5.41) is 15.6. The lowest BCUT2D eigenvalue weighted by molar-refractivity contribution is -0.122. The van der Waals surface area contributed by atoms with Crippen LogP contribution in [0.3, 0.4) is 0 Å². The lowest BCUT2D eigenvalue weighted by atomic mass is 10.1. The second-order valence-electron chi connectivity index (χ2n) is 3.72. The van der Waals surface area contributed by atoms with Gasteiger partial charge in [0, 0.05) is 25.0 Å². The van der Waals surface area contributed by atoms with Crippen LogP contribution in [-0.4, -0.2) is 33.4 Å². The number of rotatable bonds is 5. The molecular formula is C10H17N3O2. The molecule has 1 amide bonds. The van der Waals surface area contributed by atoms with Crippen LogP contribution in [0, 0.1) is 5.92 Å². The van der Waals surface area contributed by atoms with Gasteiger partial charge in [0.25, 0.3) is 0 Å². The number of hydrogen-bond donors (Lipinski definition) is 2. The molecule has 0 bridgehead atoms. The zero-order valence-electron chi connectivity index (χ0n) is 9.05. The third kappa shape index (κ3) is 3.71. The normalized spacial score (nSPS) is 14.6. The smallest absolute Gasteiger partial charge is 0.241 e. The van der Waals surface area contributed by atoms with Gasteiger partial charge < -0.3 is 10.4 Å². The van der Waals surface area contributed by atoms with Gasteiger partial charge in [-0.15, -0.1) is 0 Å². The van der Waals surface area contributed by atoms with Crippen LogP contribution in [0.15, 0.2) is 18.5 Å². The highest BCUT2D eigenvalue weighted by Gasteiger charge is 2.13. The summed E-state index contributed by atoms with van der Waals surface area (Å²) in [6.45, 7) is 4.05. The van der Waals surface area contributed by atoms with E-state index >= 15 is 0 Å². The van der Waals surface area contributed by atoms with Crippen LogP contribution in [-0.2, 0) is 11.3 Å². The molecule has 15 heavy (non-hydrogen) atoms. The Kier molecular flexibility index (Phi) is 4.30. The lowest BCUT2D eigenvalue weighted by Gasteiger charge is -2.19. The minimum absolute atomic E-state index is 0.0296. The first-order valence-corrected chi connectivity index (χ1v) is 5.01. The van der Waals surface area contributed by atoms with Gasteiger partial charge >= 0.3 is 0 Å². The van der Waals surface area contributed by atoms with Crippen LogP contribution in [0.1, 0.15) is 13.8 Å². The van der Waals surface area contributed by atoms with E-state index in [1.165, 1.54) is 0 Å². The molecule has 0 aliphatic carbocycles. The highest BCUT2D eigenvalue weighted by molar-refractivity contribution is 5.75. The highest BCUT2D eigenvalue weighted by atomic mass is 16.3. The molecule has 0 radical (unpaired) electrons. The van der Waals surface area contributed by atoms with Gasteiger partial charge in [-0.2, -0.15) is 5.10 Å². The average molecular weight is 211 g/mol. The average Bonchev–Trinajstić information content (AvgIpc) is 2.68. The predicted octanol–water partition coefficient (Wildman–Crippen LogP) is 0.0162. The van der Waals surface area contributed by atoms with E-state index in [0.29, 0.717) is 0 Å². The summed E-state index contributed by atoms with van der Waals surface area (Å²) >= 11 is 0. The van der Waals surface area contributed by atoms with Crippen molar-refractivity contribution in [2.75, 3.05) is 6.61 Å². The van der Waals surface area contributed by atoms with Crippen molar-refractivity contribution in [3.05, 3.63) is 18.5 Å². The van der Waals surface area contributed by atoms with Gasteiger partial charge in [-0.3, -0.25) is 9.48 Å². The molecule has 0 aliphatic rings. The summed E-state index contributed by atoms with van der Waals surface area (Å²) in [6, 6.07) is 1.74. The molecule has 0 spiro atoms. The molecule has 2 unspecified atom stereocenters. The Hall–Kier alpha value is -1.36. The van der Waals surface area contributed by atoms with Crippen molar-refractivity contribution >= 4 is 5.91 Å². The number of aliphatic hydroxyl groups excluding tert-OH is 1. The molecule has 1 heterocycles. The number of aromatic nitrogens is 2. The summed E-state index contributed by atoms with van der Waals surface area (Å²) in [5.74, 6) is -0.0296. The highest BCUT2D eigenvalue weighted by Crippen LogP contribution is 2.00. The molecule has 0 aromatic carbocycles. The Morgan fingerprint density at radius 2 is 2.33 bits per heavy atom.